The number of carbonyl (C=O) groups excluding carboxylic acids is 2. The molecule has 2 aromatic carbocycles. The van der Waals surface area contributed by atoms with Gasteiger partial charge in [-0.25, -0.2) is 4.79 Å². The number of urea groups is 1. The fourth-order valence-corrected chi connectivity index (χ4v) is 2.08. The SMILES string of the molecule is CCNC(=O)[C@H](C)NC(=O)Nc1cccc2ccccc12. The number of carbonyl (C=O) groups is 2. The first-order valence-corrected chi connectivity index (χ1v) is 6.94. The third-order valence-electron chi connectivity index (χ3n) is 3.13. The summed E-state index contributed by atoms with van der Waals surface area (Å²) in [6, 6.07) is 12.5. The molecule has 0 radical (unpaired) electrons. The molecule has 5 heteroatoms. The molecule has 0 heterocycles. The van der Waals surface area contributed by atoms with Gasteiger partial charge in [0.05, 0.1) is 5.69 Å². The minimum absolute atomic E-state index is 0.203. The van der Waals surface area contributed by atoms with Gasteiger partial charge in [-0.2, -0.15) is 0 Å². The lowest BCUT2D eigenvalue weighted by molar-refractivity contribution is -0.122. The van der Waals surface area contributed by atoms with Gasteiger partial charge in [-0.05, 0) is 25.3 Å². The molecule has 0 bridgehead atoms. The predicted molar refractivity (Wildman–Crippen MR) is 84.2 cm³/mol. The normalized spacial score (nSPS) is 11.7. The molecule has 1 atom stereocenters. The number of amides is 3. The zero-order valence-electron chi connectivity index (χ0n) is 12.1. The van der Waals surface area contributed by atoms with E-state index in [1.165, 1.54) is 0 Å². The van der Waals surface area contributed by atoms with E-state index in [0.717, 1.165) is 10.8 Å². The highest BCUT2D eigenvalue weighted by Gasteiger charge is 2.14. The highest BCUT2D eigenvalue weighted by atomic mass is 16.2. The van der Waals surface area contributed by atoms with Gasteiger partial charge >= 0.3 is 6.03 Å². The van der Waals surface area contributed by atoms with Crippen LogP contribution in [0.15, 0.2) is 42.5 Å². The van der Waals surface area contributed by atoms with Crippen LogP contribution in [-0.4, -0.2) is 24.5 Å². The van der Waals surface area contributed by atoms with Crippen LogP contribution >= 0.6 is 0 Å². The number of hydrogen-bond acceptors (Lipinski definition) is 2. The van der Waals surface area contributed by atoms with E-state index in [2.05, 4.69) is 16.0 Å². The molecule has 0 spiro atoms. The van der Waals surface area contributed by atoms with E-state index in [0.29, 0.717) is 12.2 Å². The molecule has 2 rings (SSSR count). The maximum Gasteiger partial charge on any atom is 0.319 e. The summed E-state index contributed by atoms with van der Waals surface area (Å²) in [4.78, 5) is 23.6. The second-order valence-corrected chi connectivity index (χ2v) is 4.74. The van der Waals surface area contributed by atoms with Crippen molar-refractivity contribution in [1.29, 1.82) is 0 Å². The Labute approximate surface area is 123 Å². The van der Waals surface area contributed by atoms with Crippen molar-refractivity contribution in [2.45, 2.75) is 19.9 Å². The summed E-state index contributed by atoms with van der Waals surface area (Å²) in [6.07, 6.45) is 0. The van der Waals surface area contributed by atoms with Gasteiger partial charge in [0.15, 0.2) is 0 Å². The highest BCUT2D eigenvalue weighted by Crippen LogP contribution is 2.22. The van der Waals surface area contributed by atoms with E-state index >= 15 is 0 Å². The third-order valence-corrected chi connectivity index (χ3v) is 3.13. The lowest BCUT2D eigenvalue weighted by Gasteiger charge is -2.15. The number of anilines is 1. The van der Waals surface area contributed by atoms with Gasteiger partial charge in [0.2, 0.25) is 5.91 Å². The van der Waals surface area contributed by atoms with Gasteiger partial charge in [0, 0.05) is 11.9 Å². The van der Waals surface area contributed by atoms with Crippen molar-refractivity contribution in [3.05, 3.63) is 42.5 Å². The Balaban J connectivity index is 2.06. The molecular formula is C16H19N3O2. The second kappa shape index (κ2) is 6.74. The van der Waals surface area contributed by atoms with Crippen LogP contribution in [0, 0.1) is 0 Å². The smallest absolute Gasteiger partial charge is 0.319 e. The topological polar surface area (TPSA) is 70.2 Å². The van der Waals surface area contributed by atoms with Crippen molar-refractivity contribution in [2.75, 3.05) is 11.9 Å². The molecule has 0 saturated carbocycles. The monoisotopic (exact) mass is 285 g/mol. The minimum Gasteiger partial charge on any atom is -0.355 e. The molecule has 0 aliphatic rings. The second-order valence-electron chi connectivity index (χ2n) is 4.74. The Morgan fingerprint density at radius 1 is 1.10 bits per heavy atom. The lowest BCUT2D eigenvalue weighted by atomic mass is 10.1. The molecule has 3 amide bonds. The maximum atomic E-state index is 12.0. The number of fused-ring (bicyclic) bond motifs is 1. The summed E-state index contributed by atoms with van der Waals surface area (Å²) in [5.74, 6) is -0.203. The molecule has 2 aromatic rings. The fourth-order valence-electron chi connectivity index (χ4n) is 2.08. The minimum atomic E-state index is -0.583. The zero-order chi connectivity index (χ0) is 15.2. The zero-order valence-corrected chi connectivity index (χ0v) is 12.1. The van der Waals surface area contributed by atoms with Gasteiger partial charge < -0.3 is 16.0 Å². The molecule has 0 saturated heterocycles. The first kappa shape index (κ1) is 14.8. The van der Waals surface area contributed by atoms with Crippen LogP contribution in [0.25, 0.3) is 10.8 Å². The molecule has 5 nitrogen and oxygen atoms in total. The summed E-state index contributed by atoms with van der Waals surface area (Å²) in [5, 5.41) is 10.1. The Morgan fingerprint density at radius 2 is 1.81 bits per heavy atom. The van der Waals surface area contributed by atoms with Crippen molar-refractivity contribution in [1.82, 2.24) is 10.6 Å². The van der Waals surface area contributed by atoms with Crippen molar-refractivity contribution in [3.63, 3.8) is 0 Å². The number of rotatable bonds is 4. The molecule has 0 fully saturated rings. The molecule has 21 heavy (non-hydrogen) atoms. The summed E-state index contributed by atoms with van der Waals surface area (Å²) in [7, 11) is 0. The number of hydrogen-bond donors (Lipinski definition) is 3. The van der Waals surface area contributed by atoms with Crippen LogP contribution in [0.2, 0.25) is 0 Å². The largest absolute Gasteiger partial charge is 0.355 e. The van der Waals surface area contributed by atoms with Crippen molar-refractivity contribution in [3.8, 4) is 0 Å². The van der Waals surface area contributed by atoms with Crippen LogP contribution in [0.3, 0.4) is 0 Å². The Bertz CT molecular complexity index is 650. The summed E-state index contributed by atoms with van der Waals surface area (Å²) in [6.45, 7) is 4.02. The molecule has 0 aliphatic carbocycles. The number of benzene rings is 2. The van der Waals surface area contributed by atoms with E-state index < -0.39 is 12.1 Å². The molecule has 110 valence electrons. The predicted octanol–water partition coefficient (Wildman–Crippen LogP) is 2.49. The number of nitrogens with one attached hydrogen (secondary N) is 3. The van der Waals surface area contributed by atoms with E-state index in [9.17, 15) is 9.59 Å². The standard InChI is InChI=1S/C16H19N3O2/c1-3-17-15(20)11(2)18-16(21)19-14-10-6-8-12-7-4-5-9-13(12)14/h4-11H,3H2,1-2H3,(H,17,20)(H2,18,19,21)/t11-/m0/s1. The molecular weight excluding hydrogens is 266 g/mol. The van der Waals surface area contributed by atoms with E-state index in [1.807, 2.05) is 49.4 Å². The molecule has 3 N–H and O–H groups in total. The summed E-state index contributed by atoms with van der Waals surface area (Å²) in [5.41, 5.74) is 0.716. The van der Waals surface area contributed by atoms with Crippen molar-refractivity contribution >= 4 is 28.4 Å². The quantitative estimate of drug-likeness (QED) is 0.807. The summed E-state index contributed by atoms with van der Waals surface area (Å²) < 4.78 is 0. The maximum absolute atomic E-state index is 12.0. The average molecular weight is 285 g/mol. The third kappa shape index (κ3) is 3.72. The van der Waals surface area contributed by atoms with E-state index in [1.54, 1.807) is 6.92 Å². The fraction of sp³-hybridized carbons (Fsp3) is 0.250. The molecule has 0 aliphatic heterocycles. The van der Waals surface area contributed by atoms with Gasteiger partial charge in [0.1, 0.15) is 6.04 Å². The first-order valence-electron chi connectivity index (χ1n) is 6.94. The van der Waals surface area contributed by atoms with Crippen LogP contribution in [0.4, 0.5) is 10.5 Å². The van der Waals surface area contributed by atoms with Crippen molar-refractivity contribution in [2.24, 2.45) is 0 Å². The summed E-state index contributed by atoms with van der Waals surface area (Å²) >= 11 is 0. The molecule has 0 unspecified atom stereocenters. The lowest BCUT2D eigenvalue weighted by Crippen LogP contribution is -2.46. The van der Waals surface area contributed by atoms with Crippen LogP contribution in [0.5, 0.6) is 0 Å². The number of likely N-dealkylation sites (N-methyl/N-ethyl adjacent to an activating group) is 1. The van der Waals surface area contributed by atoms with Gasteiger partial charge in [0.25, 0.3) is 0 Å². The Kier molecular flexibility index (Phi) is 4.77. The first-order chi connectivity index (χ1) is 10.1. The Morgan fingerprint density at radius 3 is 2.57 bits per heavy atom. The van der Waals surface area contributed by atoms with E-state index in [-0.39, 0.29) is 5.91 Å². The van der Waals surface area contributed by atoms with Crippen LogP contribution in [-0.2, 0) is 4.79 Å². The van der Waals surface area contributed by atoms with Gasteiger partial charge in [-0.3, -0.25) is 4.79 Å². The Hall–Kier alpha value is -2.56. The van der Waals surface area contributed by atoms with Crippen LogP contribution in [0.1, 0.15) is 13.8 Å². The van der Waals surface area contributed by atoms with Gasteiger partial charge in [-0.1, -0.05) is 36.4 Å². The highest BCUT2D eigenvalue weighted by molar-refractivity contribution is 6.02. The molecule has 0 aromatic heterocycles. The van der Waals surface area contributed by atoms with Crippen LogP contribution < -0.4 is 16.0 Å². The van der Waals surface area contributed by atoms with Crippen molar-refractivity contribution < 1.29 is 9.59 Å². The average Bonchev–Trinajstić information content (AvgIpc) is 2.47. The van der Waals surface area contributed by atoms with E-state index in [4.69, 9.17) is 0 Å². The van der Waals surface area contributed by atoms with Gasteiger partial charge in [-0.15, -0.1) is 0 Å².